The van der Waals surface area contributed by atoms with Crippen molar-refractivity contribution in [3.63, 3.8) is 0 Å². The van der Waals surface area contributed by atoms with E-state index in [-0.39, 0.29) is 0 Å². The first-order valence-corrected chi connectivity index (χ1v) is 19.4. The van der Waals surface area contributed by atoms with E-state index >= 15 is 0 Å². The summed E-state index contributed by atoms with van der Waals surface area (Å²) in [6.07, 6.45) is 3.56. The first-order chi connectivity index (χ1) is 29.2. The van der Waals surface area contributed by atoms with Gasteiger partial charge in [-0.05, 0) is 99.3 Å². The van der Waals surface area contributed by atoms with E-state index in [1.807, 2.05) is 78.9 Å². The van der Waals surface area contributed by atoms with Crippen LogP contribution in [-0.4, -0.2) is 29.3 Å². The lowest BCUT2D eigenvalue weighted by Gasteiger charge is -2.16. The van der Waals surface area contributed by atoms with E-state index in [0.717, 1.165) is 89.3 Å². The predicted molar refractivity (Wildman–Crippen MR) is 241 cm³/mol. The molecular formula is C50H32BFN7. The molecule has 0 fully saturated rings. The average Bonchev–Trinajstić information content (AvgIpc) is 3.81. The van der Waals surface area contributed by atoms with E-state index < -0.39 is 0 Å². The summed E-state index contributed by atoms with van der Waals surface area (Å²) in [5.74, 6) is 2.49. The van der Waals surface area contributed by atoms with Gasteiger partial charge in [0, 0.05) is 62.6 Å². The Balaban J connectivity index is 0.841. The number of anilines is 4. The van der Waals surface area contributed by atoms with Gasteiger partial charge < -0.3 is 19.8 Å². The molecule has 0 atom stereocenters. The number of halogens is 1. The maximum absolute atomic E-state index is 14.6. The van der Waals surface area contributed by atoms with Crippen molar-refractivity contribution in [1.82, 2.24) is 9.97 Å². The lowest BCUT2D eigenvalue weighted by molar-refractivity contribution is 0.865. The molecule has 0 spiro atoms. The minimum Gasteiger partial charge on any atom is -0.356 e. The normalized spacial score (nSPS) is 14.0. The van der Waals surface area contributed by atoms with Gasteiger partial charge in [0.25, 0.3) is 0 Å². The number of hydrogen-bond donors (Lipinski definition) is 2. The fraction of sp³-hybridized carbons (Fsp3) is 0. The highest BCUT2D eigenvalue weighted by Crippen LogP contribution is 2.43. The van der Waals surface area contributed by atoms with Gasteiger partial charge in [-0.15, -0.1) is 0 Å². The van der Waals surface area contributed by atoms with E-state index in [1.54, 1.807) is 12.4 Å². The van der Waals surface area contributed by atoms with Crippen LogP contribution in [-0.2, 0) is 0 Å². The fourth-order valence-corrected chi connectivity index (χ4v) is 8.26. The van der Waals surface area contributed by atoms with Crippen LogP contribution in [0.1, 0.15) is 11.1 Å². The highest BCUT2D eigenvalue weighted by molar-refractivity contribution is 6.51. The minimum atomic E-state index is 0.502. The lowest BCUT2D eigenvalue weighted by Crippen LogP contribution is -2.29. The second kappa shape index (κ2) is 14.2. The van der Waals surface area contributed by atoms with Gasteiger partial charge in [-0.1, -0.05) is 109 Å². The van der Waals surface area contributed by atoms with Crippen molar-refractivity contribution in [2.45, 2.75) is 0 Å². The molecule has 0 unspecified atom stereocenters. The summed E-state index contributed by atoms with van der Waals surface area (Å²) in [6, 6.07) is 57.4. The van der Waals surface area contributed by atoms with Crippen molar-refractivity contribution in [3.8, 4) is 33.4 Å². The predicted octanol–water partition coefficient (Wildman–Crippen LogP) is 12.4. The zero-order chi connectivity index (χ0) is 39.3. The van der Waals surface area contributed by atoms with Crippen LogP contribution in [0.3, 0.4) is 0 Å². The Kier molecular flexibility index (Phi) is 8.29. The molecule has 4 heterocycles. The smallest absolute Gasteiger partial charge is 0.356 e. The molecule has 2 N–H and O–H groups in total. The number of nitrogens with zero attached hydrogens (tertiary/aromatic N) is 5. The van der Waals surface area contributed by atoms with Crippen LogP contribution in [0.2, 0.25) is 0 Å². The molecular weight excluding hydrogens is 728 g/mol. The number of hydrogen-bond acceptors (Lipinski definition) is 5. The molecule has 0 saturated carbocycles. The van der Waals surface area contributed by atoms with Gasteiger partial charge in [0.15, 0.2) is 11.6 Å². The molecule has 0 aliphatic carbocycles. The monoisotopic (exact) mass is 760 g/mol. The molecule has 9 heteroatoms. The van der Waals surface area contributed by atoms with Crippen LogP contribution in [0.5, 0.6) is 0 Å². The summed E-state index contributed by atoms with van der Waals surface area (Å²) in [5.41, 5.74) is 12.2. The maximum Gasteiger partial charge on any atom is 0.496 e. The summed E-state index contributed by atoms with van der Waals surface area (Å²) < 4.78 is 14.6. The van der Waals surface area contributed by atoms with Crippen molar-refractivity contribution in [2.24, 2.45) is 9.98 Å². The van der Waals surface area contributed by atoms with E-state index in [2.05, 4.69) is 112 Å². The van der Waals surface area contributed by atoms with Crippen molar-refractivity contribution in [1.29, 1.82) is 0 Å². The molecule has 1 radical (unpaired) electrons. The highest BCUT2D eigenvalue weighted by Gasteiger charge is 2.30. The van der Waals surface area contributed by atoms with Gasteiger partial charge in [0.05, 0.1) is 0 Å². The number of aliphatic imine (C=N–C) groups is 2. The first-order valence-electron chi connectivity index (χ1n) is 19.4. The second-order valence-corrected chi connectivity index (χ2v) is 14.5. The maximum atomic E-state index is 14.6. The molecule has 2 aromatic heterocycles. The van der Waals surface area contributed by atoms with Gasteiger partial charge in [0.1, 0.15) is 11.7 Å². The Morgan fingerprint density at radius 2 is 1.17 bits per heavy atom. The summed E-state index contributed by atoms with van der Waals surface area (Å²) in [6.45, 7) is 0. The molecule has 0 bridgehead atoms. The highest BCUT2D eigenvalue weighted by atomic mass is 19.1. The van der Waals surface area contributed by atoms with Gasteiger partial charge >= 0.3 is 7.69 Å². The number of aromatic nitrogens is 2. The van der Waals surface area contributed by atoms with Crippen molar-refractivity contribution < 1.29 is 4.32 Å². The number of pyridine rings is 2. The molecule has 7 aromatic carbocycles. The summed E-state index contributed by atoms with van der Waals surface area (Å²) in [7, 11) is 0.582. The van der Waals surface area contributed by atoms with Crippen LogP contribution in [0.4, 0.5) is 38.7 Å². The molecule has 2 aliphatic rings. The Morgan fingerprint density at radius 3 is 1.85 bits per heavy atom. The third-order valence-corrected chi connectivity index (χ3v) is 11.0. The topological polar surface area (TPSA) is 77.8 Å². The number of nitrogens with one attached hydrogen (secondary N) is 2. The third kappa shape index (κ3) is 6.08. The molecule has 0 amide bonds. The minimum absolute atomic E-state index is 0.502. The molecule has 2 aliphatic heterocycles. The largest absolute Gasteiger partial charge is 0.496 e. The Bertz CT molecular complexity index is 3120. The van der Waals surface area contributed by atoms with E-state index in [9.17, 15) is 4.32 Å². The number of amidine groups is 2. The molecule has 11 rings (SSSR count). The third-order valence-electron chi connectivity index (χ3n) is 11.0. The van der Waals surface area contributed by atoms with Crippen molar-refractivity contribution in [3.05, 3.63) is 193 Å². The SMILES string of the molecule is F[B]N1C(=Nc2ccc(-c3ccccc3)cn2)c2cccc3c(-c4ccc(Nc5ccc(-c6ccc7c8c(cccc68)C(=Nc6ccccn6)N7)cc5)cc4)ccc1c23. The zero-order valence-corrected chi connectivity index (χ0v) is 31.5. The van der Waals surface area contributed by atoms with Crippen molar-refractivity contribution >= 4 is 75.3 Å². The number of benzene rings is 7. The van der Waals surface area contributed by atoms with Gasteiger partial charge in [-0.25, -0.2) is 20.0 Å². The van der Waals surface area contributed by atoms with Crippen LogP contribution < -0.4 is 15.4 Å². The lowest BCUT2D eigenvalue weighted by atomic mass is 9.95. The van der Waals surface area contributed by atoms with Gasteiger partial charge in [-0.3, -0.25) is 0 Å². The van der Waals surface area contributed by atoms with Crippen LogP contribution in [0.25, 0.3) is 54.9 Å². The van der Waals surface area contributed by atoms with Gasteiger partial charge in [-0.2, -0.15) is 0 Å². The Labute approximate surface area is 340 Å². The van der Waals surface area contributed by atoms with E-state index in [0.29, 0.717) is 25.2 Å². The summed E-state index contributed by atoms with van der Waals surface area (Å²) >= 11 is 0. The Hall–Kier alpha value is -7.91. The van der Waals surface area contributed by atoms with Crippen LogP contribution in [0.15, 0.2) is 192 Å². The average molecular weight is 761 g/mol. The summed E-state index contributed by atoms with van der Waals surface area (Å²) in [4.78, 5) is 20.1. The van der Waals surface area contributed by atoms with Crippen LogP contribution >= 0.6 is 0 Å². The molecule has 59 heavy (non-hydrogen) atoms. The molecule has 277 valence electrons. The van der Waals surface area contributed by atoms with Crippen molar-refractivity contribution in [2.75, 3.05) is 15.4 Å². The zero-order valence-electron chi connectivity index (χ0n) is 31.5. The summed E-state index contributed by atoms with van der Waals surface area (Å²) in [5, 5.41) is 11.4. The van der Waals surface area contributed by atoms with E-state index in [4.69, 9.17) is 9.98 Å². The quantitative estimate of drug-likeness (QED) is 0.151. The first kappa shape index (κ1) is 34.4. The molecule has 7 nitrogen and oxygen atoms in total. The second-order valence-electron chi connectivity index (χ2n) is 14.5. The molecule has 9 aromatic rings. The molecule has 0 saturated heterocycles. The fourth-order valence-electron chi connectivity index (χ4n) is 8.26. The van der Waals surface area contributed by atoms with Crippen LogP contribution in [0, 0.1) is 0 Å². The Morgan fingerprint density at radius 1 is 0.508 bits per heavy atom. The van der Waals surface area contributed by atoms with E-state index in [1.165, 1.54) is 10.2 Å². The number of rotatable bonds is 8. The van der Waals surface area contributed by atoms with Gasteiger partial charge in [0.2, 0.25) is 0 Å². The standard InChI is InChI=1S/C50H32BFN7/c52-51-59-44-27-25-38(40-11-7-13-42(48(40)44)50(59)58-46-28-19-34(30-54-46)31-8-2-1-3-9-31)33-17-22-36(23-18-33)55-35-20-15-32(16-21-35)37-24-26-43-47-39(37)10-6-12-41(47)49(56-43)57-45-14-4-5-29-53-45/h1-30,55H,(H,53,56,57).